The van der Waals surface area contributed by atoms with E-state index in [0.29, 0.717) is 0 Å². The van der Waals surface area contributed by atoms with Crippen molar-refractivity contribution in [2.24, 2.45) is 0 Å². The van der Waals surface area contributed by atoms with Crippen molar-refractivity contribution in [2.75, 3.05) is 6.54 Å². The maximum absolute atomic E-state index is 11.4. The van der Waals surface area contributed by atoms with Gasteiger partial charge < -0.3 is 15.5 Å². The van der Waals surface area contributed by atoms with Crippen LogP contribution in [-0.4, -0.2) is 48.9 Å². The fourth-order valence-corrected chi connectivity index (χ4v) is 1.08. The van der Waals surface area contributed by atoms with Crippen LogP contribution in [0.2, 0.25) is 0 Å². The Kier molecular flexibility index (Phi) is 4.17. The second kappa shape index (κ2) is 5.44. The van der Waals surface area contributed by atoms with E-state index in [0.717, 1.165) is 24.0 Å². The van der Waals surface area contributed by atoms with Gasteiger partial charge >= 0.3 is 11.7 Å². The van der Waals surface area contributed by atoms with E-state index in [1.807, 2.05) is 0 Å². The number of carbonyl (C=O) groups is 2. The number of hydrogen-bond acceptors (Lipinski definition) is 6. The van der Waals surface area contributed by atoms with Crippen LogP contribution >= 0.6 is 0 Å². The predicted octanol–water partition coefficient (Wildman–Crippen LogP) is -1.26. The molecule has 0 bridgehead atoms. The van der Waals surface area contributed by atoms with Crippen molar-refractivity contribution in [2.45, 2.75) is 19.1 Å². The lowest BCUT2D eigenvalue weighted by Crippen LogP contribution is -2.47. The molecule has 0 saturated heterocycles. The number of amides is 1. The van der Waals surface area contributed by atoms with E-state index >= 15 is 0 Å². The minimum Gasteiger partial charge on any atom is -0.479 e. The summed E-state index contributed by atoms with van der Waals surface area (Å²) in [5, 5.41) is 34.1. The maximum Gasteiger partial charge on any atom is 0.337 e. The molecule has 1 atom stereocenters. The molecular formula is C9H12N4O6. The lowest BCUT2D eigenvalue weighted by Gasteiger charge is -2.18. The summed E-state index contributed by atoms with van der Waals surface area (Å²) in [4.78, 5) is 31.7. The van der Waals surface area contributed by atoms with Crippen LogP contribution in [0.15, 0.2) is 12.4 Å². The fourth-order valence-electron chi connectivity index (χ4n) is 1.08. The third-order valence-corrected chi connectivity index (χ3v) is 2.23. The molecule has 0 saturated carbocycles. The Morgan fingerprint density at radius 3 is 2.74 bits per heavy atom. The Bertz CT molecular complexity index is 509. The van der Waals surface area contributed by atoms with Crippen LogP contribution in [0.5, 0.6) is 0 Å². The molecule has 1 aromatic rings. The van der Waals surface area contributed by atoms with Crippen LogP contribution in [-0.2, 0) is 16.1 Å². The topological polar surface area (TPSA) is 148 Å². The van der Waals surface area contributed by atoms with Gasteiger partial charge in [0.05, 0.1) is 11.5 Å². The van der Waals surface area contributed by atoms with Gasteiger partial charge in [0, 0.05) is 0 Å². The minimum atomic E-state index is -2.08. The van der Waals surface area contributed by atoms with E-state index in [9.17, 15) is 24.8 Å². The van der Waals surface area contributed by atoms with Crippen molar-refractivity contribution in [3.63, 3.8) is 0 Å². The molecule has 0 radical (unpaired) electrons. The number of nitrogens with one attached hydrogen (secondary N) is 1. The predicted molar refractivity (Wildman–Crippen MR) is 60.2 cm³/mol. The van der Waals surface area contributed by atoms with Gasteiger partial charge in [0.15, 0.2) is 5.60 Å². The summed E-state index contributed by atoms with van der Waals surface area (Å²) < 4.78 is 1.03. The number of rotatable bonds is 6. The number of carbonyl (C=O) groups excluding carboxylic acids is 1. The van der Waals surface area contributed by atoms with Crippen molar-refractivity contribution >= 4 is 17.6 Å². The van der Waals surface area contributed by atoms with Crippen molar-refractivity contribution in [1.82, 2.24) is 15.1 Å². The van der Waals surface area contributed by atoms with Gasteiger partial charge in [-0.05, 0) is 6.92 Å². The molecule has 1 heterocycles. The third-order valence-electron chi connectivity index (χ3n) is 2.23. The van der Waals surface area contributed by atoms with Gasteiger partial charge in [-0.2, -0.15) is 5.10 Å². The molecular weight excluding hydrogens is 260 g/mol. The summed E-state index contributed by atoms with van der Waals surface area (Å²) in [6, 6.07) is 0. The molecule has 0 aliphatic carbocycles. The van der Waals surface area contributed by atoms with Gasteiger partial charge in [-0.25, -0.2) is 4.79 Å². The SMILES string of the molecule is CC(O)(CNC(=O)Cn1cc([N+](=O)[O-])cn1)C(=O)O. The first-order chi connectivity index (χ1) is 8.72. The number of aliphatic carboxylic acids is 1. The van der Waals surface area contributed by atoms with Gasteiger partial charge in [0.25, 0.3) is 0 Å². The molecule has 1 amide bonds. The van der Waals surface area contributed by atoms with Crippen LogP contribution in [0.25, 0.3) is 0 Å². The molecule has 0 spiro atoms. The highest BCUT2D eigenvalue weighted by molar-refractivity contribution is 5.80. The van der Waals surface area contributed by atoms with Crippen LogP contribution in [0.4, 0.5) is 5.69 Å². The van der Waals surface area contributed by atoms with E-state index in [1.165, 1.54) is 0 Å². The Hall–Kier alpha value is -2.49. The second-order valence-corrected chi connectivity index (χ2v) is 4.01. The number of carboxylic acid groups (broad SMARTS) is 1. The Morgan fingerprint density at radius 1 is 1.63 bits per heavy atom. The first-order valence-electron chi connectivity index (χ1n) is 5.11. The van der Waals surface area contributed by atoms with E-state index in [2.05, 4.69) is 10.4 Å². The molecule has 1 aromatic heterocycles. The molecule has 1 unspecified atom stereocenters. The normalized spacial score (nSPS) is 13.6. The van der Waals surface area contributed by atoms with E-state index < -0.39 is 28.9 Å². The molecule has 3 N–H and O–H groups in total. The molecule has 0 fully saturated rings. The van der Waals surface area contributed by atoms with Crippen LogP contribution in [0.1, 0.15) is 6.92 Å². The summed E-state index contributed by atoms with van der Waals surface area (Å²) >= 11 is 0. The number of nitrogens with zero attached hydrogens (tertiary/aromatic N) is 3. The zero-order valence-electron chi connectivity index (χ0n) is 9.94. The van der Waals surface area contributed by atoms with Crippen LogP contribution < -0.4 is 5.32 Å². The zero-order chi connectivity index (χ0) is 14.6. The highest BCUT2D eigenvalue weighted by atomic mass is 16.6. The van der Waals surface area contributed by atoms with Crippen LogP contribution in [0, 0.1) is 10.1 Å². The number of hydrogen-bond donors (Lipinski definition) is 3. The monoisotopic (exact) mass is 272 g/mol. The second-order valence-electron chi connectivity index (χ2n) is 4.01. The molecule has 10 heteroatoms. The number of aromatic nitrogens is 2. The minimum absolute atomic E-state index is 0.259. The average Bonchev–Trinajstić information content (AvgIpc) is 2.75. The standard InChI is InChI=1S/C9H12N4O6/c1-9(17,8(15)16)5-10-7(14)4-12-3-6(2-11-12)13(18)19/h2-3,17H,4-5H2,1H3,(H,10,14)(H,15,16). The maximum atomic E-state index is 11.4. The molecule has 0 aliphatic rings. The molecule has 10 nitrogen and oxygen atoms in total. The Labute approximate surface area is 106 Å². The third kappa shape index (κ3) is 4.03. The first-order valence-corrected chi connectivity index (χ1v) is 5.11. The van der Waals surface area contributed by atoms with Gasteiger partial charge in [-0.1, -0.05) is 0 Å². The summed E-state index contributed by atoms with van der Waals surface area (Å²) in [6.45, 7) is 0.239. The summed E-state index contributed by atoms with van der Waals surface area (Å²) in [7, 11) is 0. The highest BCUT2D eigenvalue weighted by Gasteiger charge is 2.30. The summed E-state index contributed by atoms with van der Waals surface area (Å²) in [5.41, 5.74) is -2.34. The highest BCUT2D eigenvalue weighted by Crippen LogP contribution is 2.07. The first kappa shape index (κ1) is 14.6. The van der Waals surface area contributed by atoms with E-state index in [-0.39, 0.29) is 12.2 Å². The molecule has 104 valence electrons. The molecule has 0 aliphatic heterocycles. The van der Waals surface area contributed by atoms with Gasteiger partial charge in [0.2, 0.25) is 5.91 Å². The van der Waals surface area contributed by atoms with Crippen molar-refractivity contribution in [3.8, 4) is 0 Å². The molecule has 0 aromatic carbocycles. The largest absolute Gasteiger partial charge is 0.479 e. The van der Waals surface area contributed by atoms with E-state index in [1.54, 1.807) is 0 Å². The van der Waals surface area contributed by atoms with Gasteiger partial charge in [-0.3, -0.25) is 19.6 Å². The fraction of sp³-hybridized carbons (Fsp3) is 0.444. The Balaban J connectivity index is 2.51. The number of aliphatic hydroxyl groups is 1. The number of nitro groups is 1. The summed E-state index contributed by atoms with van der Waals surface area (Å²) in [6.07, 6.45) is 2.05. The van der Waals surface area contributed by atoms with Gasteiger partial charge in [-0.15, -0.1) is 0 Å². The Morgan fingerprint density at radius 2 is 2.26 bits per heavy atom. The van der Waals surface area contributed by atoms with Crippen molar-refractivity contribution in [3.05, 3.63) is 22.5 Å². The zero-order valence-corrected chi connectivity index (χ0v) is 9.94. The molecule has 1 rings (SSSR count). The van der Waals surface area contributed by atoms with E-state index in [4.69, 9.17) is 5.11 Å². The smallest absolute Gasteiger partial charge is 0.337 e. The average molecular weight is 272 g/mol. The van der Waals surface area contributed by atoms with Crippen molar-refractivity contribution in [1.29, 1.82) is 0 Å². The lowest BCUT2D eigenvalue weighted by molar-refractivity contribution is -0.385. The van der Waals surface area contributed by atoms with Gasteiger partial charge in [0.1, 0.15) is 18.9 Å². The summed E-state index contributed by atoms with van der Waals surface area (Å²) in [5.74, 6) is -2.10. The lowest BCUT2D eigenvalue weighted by atomic mass is 10.1. The molecule has 19 heavy (non-hydrogen) atoms. The quantitative estimate of drug-likeness (QED) is 0.432. The number of carboxylic acids is 1. The van der Waals surface area contributed by atoms with Crippen molar-refractivity contribution < 1.29 is 24.7 Å². The van der Waals surface area contributed by atoms with Crippen LogP contribution in [0.3, 0.4) is 0 Å².